The molecule has 0 radical (unpaired) electrons. The van der Waals surface area contributed by atoms with Gasteiger partial charge in [-0.25, -0.2) is 9.97 Å². The van der Waals surface area contributed by atoms with Crippen molar-refractivity contribution in [3.8, 4) is 0 Å². The summed E-state index contributed by atoms with van der Waals surface area (Å²) in [4.78, 5) is 8.99. The van der Waals surface area contributed by atoms with Crippen LogP contribution in [-0.2, 0) is 12.8 Å². The highest BCUT2D eigenvalue weighted by Gasteiger charge is 2.26. The van der Waals surface area contributed by atoms with E-state index in [4.69, 9.17) is 5.73 Å². The van der Waals surface area contributed by atoms with Crippen molar-refractivity contribution in [2.24, 2.45) is 5.73 Å². The van der Waals surface area contributed by atoms with E-state index in [1.807, 2.05) is 6.92 Å². The quantitative estimate of drug-likeness (QED) is 0.767. The molecule has 3 nitrogen and oxygen atoms in total. The number of aryl methyl sites for hydroxylation is 3. The second-order valence-corrected chi connectivity index (χ2v) is 3.90. The average Bonchev–Trinajstić information content (AvgIpc) is 2.59. The van der Waals surface area contributed by atoms with Crippen molar-refractivity contribution in [2.45, 2.75) is 39.0 Å². The van der Waals surface area contributed by atoms with E-state index in [1.165, 1.54) is 17.0 Å². The van der Waals surface area contributed by atoms with Crippen molar-refractivity contribution >= 4 is 0 Å². The molecule has 0 aliphatic heterocycles. The van der Waals surface area contributed by atoms with Crippen LogP contribution in [0.25, 0.3) is 0 Å². The minimum Gasteiger partial charge on any atom is -0.330 e. The second-order valence-electron chi connectivity index (χ2n) is 3.90. The first kappa shape index (κ1) is 9.59. The molecule has 2 N–H and O–H groups in total. The van der Waals surface area contributed by atoms with Gasteiger partial charge in [0, 0.05) is 17.3 Å². The van der Waals surface area contributed by atoms with Crippen LogP contribution in [0.4, 0.5) is 0 Å². The summed E-state index contributed by atoms with van der Waals surface area (Å²) in [7, 11) is 0. The Morgan fingerprint density at radius 1 is 1.43 bits per heavy atom. The van der Waals surface area contributed by atoms with E-state index in [2.05, 4.69) is 16.9 Å². The smallest absolute Gasteiger partial charge is 0.125 e. The monoisotopic (exact) mass is 191 g/mol. The molecule has 1 atom stereocenters. The molecule has 1 unspecified atom stereocenters. The van der Waals surface area contributed by atoms with Gasteiger partial charge in [-0.15, -0.1) is 0 Å². The van der Waals surface area contributed by atoms with Crippen molar-refractivity contribution in [1.82, 2.24) is 9.97 Å². The van der Waals surface area contributed by atoms with Crippen LogP contribution in [0.5, 0.6) is 0 Å². The maximum Gasteiger partial charge on any atom is 0.125 e. The predicted molar refractivity (Wildman–Crippen MR) is 56.3 cm³/mol. The van der Waals surface area contributed by atoms with Gasteiger partial charge in [0.25, 0.3) is 0 Å². The third kappa shape index (κ3) is 1.42. The predicted octanol–water partition coefficient (Wildman–Crippen LogP) is 1.34. The number of hydrogen-bond donors (Lipinski definition) is 1. The van der Waals surface area contributed by atoms with Crippen molar-refractivity contribution in [1.29, 1.82) is 0 Å². The minimum atomic E-state index is 0.501. The van der Waals surface area contributed by atoms with Crippen LogP contribution >= 0.6 is 0 Å². The Labute approximate surface area is 84.8 Å². The molecule has 3 heteroatoms. The normalized spacial score (nSPS) is 19.8. The molecule has 2 rings (SSSR count). The average molecular weight is 191 g/mol. The number of rotatable bonds is 2. The summed E-state index contributed by atoms with van der Waals surface area (Å²) < 4.78 is 0. The highest BCUT2D eigenvalue weighted by atomic mass is 14.9. The van der Waals surface area contributed by atoms with Crippen LogP contribution in [0, 0.1) is 6.92 Å². The second kappa shape index (κ2) is 3.65. The van der Waals surface area contributed by atoms with E-state index in [-0.39, 0.29) is 0 Å². The first-order chi connectivity index (χ1) is 6.76. The van der Waals surface area contributed by atoms with Crippen LogP contribution in [0.1, 0.15) is 42.0 Å². The molecular formula is C11H17N3. The van der Waals surface area contributed by atoms with Crippen LogP contribution in [-0.4, -0.2) is 16.5 Å². The molecule has 1 heterocycles. The summed E-state index contributed by atoms with van der Waals surface area (Å²) >= 11 is 0. The van der Waals surface area contributed by atoms with E-state index in [0.717, 1.165) is 31.6 Å². The van der Waals surface area contributed by atoms with E-state index in [9.17, 15) is 0 Å². The Morgan fingerprint density at radius 3 is 2.86 bits per heavy atom. The Morgan fingerprint density at radius 2 is 2.21 bits per heavy atom. The molecule has 0 bridgehead atoms. The highest BCUT2D eigenvalue weighted by Crippen LogP contribution is 2.33. The Kier molecular flexibility index (Phi) is 2.50. The standard InChI is InChI=1S/C11H17N3/c1-3-9-11-8(6-12)4-5-10(11)14-7(2)13-9/h8H,3-6,12H2,1-2H3. The first-order valence-electron chi connectivity index (χ1n) is 5.32. The number of hydrogen-bond acceptors (Lipinski definition) is 3. The van der Waals surface area contributed by atoms with Crippen molar-refractivity contribution in [3.63, 3.8) is 0 Å². The number of fused-ring (bicyclic) bond motifs is 1. The maximum absolute atomic E-state index is 5.75. The topological polar surface area (TPSA) is 51.8 Å². The van der Waals surface area contributed by atoms with E-state index in [1.54, 1.807) is 0 Å². The largest absolute Gasteiger partial charge is 0.330 e. The van der Waals surface area contributed by atoms with Gasteiger partial charge in [-0.3, -0.25) is 0 Å². The SMILES string of the molecule is CCc1nc(C)nc2c1C(CN)CC2. The molecule has 14 heavy (non-hydrogen) atoms. The molecule has 0 amide bonds. The van der Waals surface area contributed by atoms with Crippen LogP contribution in [0.2, 0.25) is 0 Å². The lowest BCUT2D eigenvalue weighted by molar-refractivity contribution is 0.679. The molecule has 0 fully saturated rings. The summed E-state index contributed by atoms with van der Waals surface area (Å²) in [6.45, 7) is 4.84. The first-order valence-corrected chi connectivity index (χ1v) is 5.32. The van der Waals surface area contributed by atoms with Crippen LogP contribution in [0.15, 0.2) is 0 Å². The number of nitrogens with zero attached hydrogens (tertiary/aromatic N) is 2. The summed E-state index contributed by atoms with van der Waals surface area (Å²) in [6, 6.07) is 0. The van der Waals surface area contributed by atoms with Gasteiger partial charge in [0.2, 0.25) is 0 Å². The van der Waals surface area contributed by atoms with Crippen molar-refractivity contribution in [3.05, 3.63) is 22.8 Å². The molecule has 0 aromatic carbocycles. The lowest BCUT2D eigenvalue weighted by atomic mass is 10.00. The summed E-state index contributed by atoms with van der Waals surface area (Å²) in [5.41, 5.74) is 9.55. The van der Waals surface area contributed by atoms with E-state index >= 15 is 0 Å². The van der Waals surface area contributed by atoms with E-state index < -0.39 is 0 Å². The summed E-state index contributed by atoms with van der Waals surface area (Å²) in [6.07, 6.45) is 3.22. The number of aromatic nitrogens is 2. The minimum absolute atomic E-state index is 0.501. The zero-order valence-electron chi connectivity index (χ0n) is 8.88. The molecule has 1 aliphatic rings. The fourth-order valence-corrected chi connectivity index (χ4v) is 2.32. The molecular weight excluding hydrogens is 174 g/mol. The Bertz CT molecular complexity index is 347. The van der Waals surface area contributed by atoms with Gasteiger partial charge in [0.1, 0.15) is 5.82 Å². The van der Waals surface area contributed by atoms with Gasteiger partial charge < -0.3 is 5.73 Å². The maximum atomic E-state index is 5.75. The summed E-state index contributed by atoms with van der Waals surface area (Å²) in [5, 5.41) is 0. The Balaban J connectivity index is 2.51. The van der Waals surface area contributed by atoms with Crippen LogP contribution < -0.4 is 5.73 Å². The van der Waals surface area contributed by atoms with Gasteiger partial charge in [-0.2, -0.15) is 0 Å². The third-order valence-corrected chi connectivity index (χ3v) is 2.97. The lowest BCUT2D eigenvalue weighted by Crippen LogP contribution is -2.13. The third-order valence-electron chi connectivity index (χ3n) is 2.97. The molecule has 1 aromatic rings. The molecule has 0 saturated heterocycles. The zero-order chi connectivity index (χ0) is 10.1. The molecule has 0 saturated carbocycles. The Hall–Kier alpha value is -0.960. The van der Waals surface area contributed by atoms with Crippen LogP contribution in [0.3, 0.4) is 0 Å². The van der Waals surface area contributed by atoms with Gasteiger partial charge >= 0.3 is 0 Å². The van der Waals surface area contributed by atoms with Crippen molar-refractivity contribution in [2.75, 3.05) is 6.54 Å². The molecule has 0 spiro atoms. The van der Waals surface area contributed by atoms with Gasteiger partial charge in [-0.1, -0.05) is 6.92 Å². The van der Waals surface area contributed by atoms with E-state index in [0.29, 0.717) is 5.92 Å². The zero-order valence-corrected chi connectivity index (χ0v) is 8.88. The highest BCUT2D eigenvalue weighted by molar-refractivity contribution is 5.34. The molecule has 1 aromatic heterocycles. The fraction of sp³-hybridized carbons (Fsp3) is 0.636. The van der Waals surface area contributed by atoms with Gasteiger partial charge in [0.15, 0.2) is 0 Å². The van der Waals surface area contributed by atoms with Gasteiger partial charge in [0.05, 0.1) is 0 Å². The molecule has 1 aliphatic carbocycles. The van der Waals surface area contributed by atoms with Gasteiger partial charge in [-0.05, 0) is 38.3 Å². The summed E-state index contributed by atoms with van der Waals surface area (Å²) in [5.74, 6) is 1.40. The number of nitrogens with two attached hydrogens (primary N) is 1. The molecule has 76 valence electrons. The lowest BCUT2D eigenvalue weighted by Gasteiger charge is -2.12. The fourth-order valence-electron chi connectivity index (χ4n) is 2.32. The van der Waals surface area contributed by atoms with Crippen molar-refractivity contribution < 1.29 is 0 Å².